The molecule has 0 spiro atoms. The molecule has 1 amide bonds. The van der Waals surface area contributed by atoms with Gasteiger partial charge in [-0.25, -0.2) is 9.18 Å². The Morgan fingerprint density at radius 3 is 2.28 bits per heavy atom. The van der Waals surface area contributed by atoms with Gasteiger partial charge >= 0.3 is 5.97 Å². The lowest BCUT2D eigenvalue weighted by Gasteiger charge is -2.41. The smallest absolute Gasteiger partial charge is 0.329 e. The minimum atomic E-state index is -2.93. The fraction of sp³-hybridized carbons (Fsp3) is 0.745. The second-order valence-electron chi connectivity index (χ2n) is 19.6. The van der Waals surface area contributed by atoms with Gasteiger partial charge in [-0.3, -0.25) is 19.2 Å². The lowest BCUT2D eigenvalue weighted by molar-refractivity contribution is -0.231. The van der Waals surface area contributed by atoms with E-state index in [0.29, 0.717) is 56.9 Å². The van der Waals surface area contributed by atoms with Gasteiger partial charge in [0.05, 0.1) is 30.5 Å². The summed E-state index contributed by atoms with van der Waals surface area (Å²) in [6, 6.07) is -1.20. The van der Waals surface area contributed by atoms with E-state index in [-0.39, 0.29) is 67.7 Å². The molecular weight excluding hydrogens is 838 g/mol. The van der Waals surface area contributed by atoms with E-state index in [4.69, 9.17) is 23.7 Å². The maximum Gasteiger partial charge on any atom is 0.329 e. The van der Waals surface area contributed by atoms with Crippen LogP contribution in [0.4, 0.5) is 4.39 Å². The highest BCUT2D eigenvalue weighted by atomic mass is 19.2. The van der Waals surface area contributed by atoms with E-state index >= 15 is 4.39 Å². The van der Waals surface area contributed by atoms with Crippen molar-refractivity contribution in [3.63, 3.8) is 0 Å². The molecule has 14 heteroatoms. The molecule has 65 heavy (non-hydrogen) atoms. The Kier molecular flexibility index (Phi) is 20.9. The third-order valence-corrected chi connectivity index (χ3v) is 14.4. The van der Waals surface area contributed by atoms with Crippen molar-refractivity contribution in [1.29, 1.82) is 0 Å². The van der Waals surface area contributed by atoms with Gasteiger partial charge in [0.1, 0.15) is 18.2 Å². The predicted octanol–water partition coefficient (Wildman–Crippen LogP) is 7.16. The van der Waals surface area contributed by atoms with Crippen molar-refractivity contribution in [1.82, 2.24) is 4.90 Å². The van der Waals surface area contributed by atoms with E-state index in [2.05, 4.69) is 0 Å². The zero-order valence-electron chi connectivity index (χ0n) is 40.5. The van der Waals surface area contributed by atoms with Gasteiger partial charge in [-0.05, 0) is 107 Å². The highest BCUT2D eigenvalue weighted by Crippen LogP contribution is 2.40. The molecule has 2 N–H and O–H groups in total. The summed E-state index contributed by atoms with van der Waals surface area (Å²) < 4.78 is 46.1. The van der Waals surface area contributed by atoms with E-state index in [1.807, 2.05) is 58.1 Å². The van der Waals surface area contributed by atoms with Crippen LogP contribution in [0.1, 0.15) is 126 Å². The first-order valence-electron chi connectivity index (χ1n) is 23.9. The number of rotatable bonds is 6. The van der Waals surface area contributed by atoms with Gasteiger partial charge in [-0.15, -0.1) is 0 Å². The number of fused-ring (bicyclic) bond motifs is 3. The summed E-state index contributed by atoms with van der Waals surface area (Å²) >= 11 is 0. The first-order chi connectivity index (χ1) is 30.7. The zero-order chi connectivity index (χ0) is 48.2. The number of carbonyl (C=O) groups is 5. The van der Waals surface area contributed by atoms with E-state index in [9.17, 15) is 34.2 Å². The number of esters is 1. The maximum atomic E-state index is 17.1. The van der Waals surface area contributed by atoms with Crippen LogP contribution in [0.25, 0.3) is 0 Å². The van der Waals surface area contributed by atoms with Crippen molar-refractivity contribution >= 4 is 29.2 Å². The van der Waals surface area contributed by atoms with Crippen LogP contribution in [0, 0.1) is 35.5 Å². The zero-order valence-corrected chi connectivity index (χ0v) is 40.5. The molecule has 366 valence electrons. The highest BCUT2D eigenvalue weighted by Gasteiger charge is 2.55. The molecule has 3 heterocycles. The number of alkyl halides is 1. The summed E-state index contributed by atoms with van der Waals surface area (Å²) in [5.74, 6) is -9.13. The molecule has 4 rings (SSSR count). The summed E-state index contributed by atoms with van der Waals surface area (Å²) in [5, 5.41) is 21.9. The quantitative estimate of drug-likeness (QED) is 0.204. The number of hydrogen-bond donors (Lipinski definition) is 2. The van der Waals surface area contributed by atoms with Crippen molar-refractivity contribution in [2.45, 2.75) is 180 Å². The average molecular weight is 916 g/mol. The van der Waals surface area contributed by atoms with Gasteiger partial charge in [0.15, 0.2) is 11.6 Å². The molecular formula is C51H78FNO12. The first kappa shape index (κ1) is 54.2. The number of ketones is 3. The van der Waals surface area contributed by atoms with Crippen molar-refractivity contribution in [2.75, 3.05) is 27.9 Å². The van der Waals surface area contributed by atoms with Crippen LogP contribution in [0.2, 0.25) is 0 Å². The number of nitrogens with zero attached hydrogens (tertiary/aromatic N) is 1. The van der Waals surface area contributed by atoms with Gasteiger partial charge in [0.25, 0.3) is 17.5 Å². The number of aliphatic hydroxyl groups excluding tert-OH is 2. The summed E-state index contributed by atoms with van der Waals surface area (Å²) in [4.78, 5) is 71.4. The van der Waals surface area contributed by atoms with E-state index < -0.39 is 83.9 Å². The lowest BCUT2D eigenvalue weighted by atomic mass is 9.78. The SMILES string of the molecule is CO[C@H]1C[C@@H]2CC[C@@H](C)C(F)(O2)C(=O)C(=O)N2CCCCC2C(=O)O[C@H]([C@H](C)C[C@@H]2CC[C@H](O)[C@H](OC)C2)CC(=O)C(C)=CC(C)[C@@H](O)[C@@H](OC)C(=O)[C@H](C)C[C@H](C)C=CC=CC=C1C. The Morgan fingerprint density at radius 2 is 1.60 bits per heavy atom. The Labute approximate surface area is 386 Å². The van der Waals surface area contributed by atoms with Crippen LogP contribution in [0.15, 0.2) is 47.6 Å². The minimum Gasteiger partial charge on any atom is -0.460 e. The van der Waals surface area contributed by atoms with Crippen molar-refractivity contribution in [3.05, 3.63) is 47.6 Å². The number of carbonyl (C=O) groups excluding carboxylic acids is 5. The van der Waals surface area contributed by atoms with E-state index in [0.717, 1.165) is 10.5 Å². The summed E-state index contributed by atoms with van der Waals surface area (Å²) in [6.45, 7) is 12.5. The van der Waals surface area contributed by atoms with Crippen LogP contribution in [0.3, 0.4) is 0 Å². The number of cyclic esters (lactones) is 1. The Bertz CT molecular complexity index is 1760. The normalized spacial score (nSPS) is 37.8. The minimum absolute atomic E-state index is 0.0102. The Balaban J connectivity index is 1.70. The number of piperidine rings is 1. The molecule has 13 nitrogen and oxygen atoms in total. The third-order valence-electron chi connectivity index (χ3n) is 14.4. The molecule has 15 atom stereocenters. The Hall–Kier alpha value is -3.40. The fourth-order valence-electron chi connectivity index (χ4n) is 10.1. The number of methoxy groups -OCH3 is 3. The van der Waals surface area contributed by atoms with Crippen molar-refractivity contribution in [2.24, 2.45) is 35.5 Å². The van der Waals surface area contributed by atoms with E-state index in [1.165, 1.54) is 7.11 Å². The molecule has 2 bridgehead atoms. The molecule has 0 aromatic rings. The fourth-order valence-corrected chi connectivity index (χ4v) is 10.1. The third kappa shape index (κ3) is 14.3. The largest absolute Gasteiger partial charge is 0.460 e. The van der Waals surface area contributed by atoms with Gasteiger partial charge in [-0.2, -0.15) is 0 Å². The molecule has 1 aliphatic carbocycles. The number of aliphatic hydroxyl groups is 2. The van der Waals surface area contributed by atoms with Gasteiger partial charge in [0.2, 0.25) is 0 Å². The summed E-state index contributed by atoms with van der Waals surface area (Å²) in [5.41, 5.74) is 1.14. The maximum absolute atomic E-state index is 17.1. The summed E-state index contributed by atoms with van der Waals surface area (Å²) in [6.07, 6.45) is 10.4. The Morgan fingerprint density at radius 1 is 0.877 bits per heavy atom. The van der Waals surface area contributed by atoms with Crippen molar-refractivity contribution in [3.8, 4) is 0 Å². The monoisotopic (exact) mass is 916 g/mol. The average Bonchev–Trinajstić information content (AvgIpc) is 3.28. The van der Waals surface area contributed by atoms with Gasteiger partial charge in [0, 0.05) is 58.5 Å². The number of ether oxygens (including phenoxy) is 5. The predicted molar refractivity (Wildman–Crippen MR) is 244 cm³/mol. The molecule has 3 unspecified atom stereocenters. The van der Waals surface area contributed by atoms with Crippen LogP contribution >= 0.6 is 0 Å². The van der Waals surface area contributed by atoms with Crippen LogP contribution in [-0.4, -0.2) is 127 Å². The molecule has 4 aliphatic rings. The molecule has 3 fully saturated rings. The van der Waals surface area contributed by atoms with Crippen LogP contribution in [-0.2, 0) is 47.7 Å². The number of allylic oxidation sites excluding steroid dienone is 6. The number of amides is 1. The second kappa shape index (κ2) is 25.1. The number of hydrogen-bond acceptors (Lipinski definition) is 12. The van der Waals surface area contributed by atoms with Crippen LogP contribution in [0.5, 0.6) is 0 Å². The van der Waals surface area contributed by atoms with Crippen molar-refractivity contribution < 1.29 is 62.3 Å². The molecule has 1 saturated carbocycles. The van der Waals surface area contributed by atoms with Crippen LogP contribution < -0.4 is 0 Å². The van der Waals surface area contributed by atoms with E-state index in [1.54, 1.807) is 41.1 Å². The summed E-state index contributed by atoms with van der Waals surface area (Å²) in [7, 11) is 4.48. The standard InChI is InChI=1S/C51H78FNO12/c1-30-16-12-11-13-17-31(2)42(61-8)28-38-21-19-36(7)51(52,65-38)48(58)49(59)53-23-15-14-18-39(53)50(60)64-43(33(4)26-37-20-22-40(54)44(27-37)62-9)29-41(55)32(3)25-35(6)46(57)47(63-10)45(56)34(5)24-30/h11-13,16-17,25,30,33-40,42-44,46-47,54,57H,14-15,18-24,26-29H2,1-10H3/t30-,33-,34-,35?,36-,37+,38+,39?,40+,42+,43+,44-,46-,47+,51?/m1/s1. The first-order valence-corrected chi connectivity index (χ1v) is 23.9. The molecule has 0 radical (unpaired) electrons. The lowest BCUT2D eigenvalue weighted by Crippen LogP contribution is -2.59. The van der Waals surface area contributed by atoms with Gasteiger partial charge in [-0.1, -0.05) is 71.1 Å². The highest BCUT2D eigenvalue weighted by molar-refractivity contribution is 6.39. The number of Topliss-reactive ketones (excluding diaryl/α,β-unsaturated/α-hetero) is 3. The molecule has 3 aliphatic heterocycles. The molecule has 0 aromatic carbocycles. The molecule has 2 saturated heterocycles. The molecule has 0 aromatic heterocycles. The topological polar surface area (TPSA) is 175 Å². The number of halogens is 1. The van der Waals surface area contributed by atoms with Gasteiger partial charge < -0.3 is 38.8 Å². The second-order valence-corrected chi connectivity index (χ2v) is 19.6.